The summed E-state index contributed by atoms with van der Waals surface area (Å²) in [5.74, 6) is 0. The molecule has 0 heterocycles. The van der Waals surface area contributed by atoms with E-state index in [0.29, 0.717) is 11.1 Å². The predicted molar refractivity (Wildman–Crippen MR) is 51.4 cm³/mol. The van der Waals surface area contributed by atoms with Gasteiger partial charge >= 0.3 is 0 Å². The van der Waals surface area contributed by atoms with Gasteiger partial charge in [-0.25, -0.2) is 0 Å². The number of nitrogens with zero attached hydrogens (tertiary/aromatic N) is 2. The first-order chi connectivity index (χ1) is 6.16. The molecule has 0 saturated carbocycles. The Morgan fingerprint density at radius 2 is 2.23 bits per heavy atom. The highest BCUT2D eigenvalue weighted by Gasteiger charge is 2.14. The summed E-state index contributed by atoms with van der Waals surface area (Å²) in [5.41, 5.74) is 1.34. The molecule has 13 heavy (non-hydrogen) atoms. The van der Waals surface area contributed by atoms with Gasteiger partial charge in [0.15, 0.2) is 0 Å². The van der Waals surface area contributed by atoms with Crippen molar-refractivity contribution >= 4 is 11.9 Å². The van der Waals surface area contributed by atoms with Crippen molar-refractivity contribution in [1.29, 1.82) is 0 Å². The van der Waals surface area contributed by atoms with Gasteiger partial charge in [-0.15, -0.1) is 0 Å². The third-order valence-electron chi connectivity index (χ3n) is 1.72. The van der Waals surface area contributed by atoms with E-state index < -0.39 is 0 Å². The summed E-state index contributed by atoms with van der Waals surface area (Å²) in [5, 5.41) is 10.7. The van der Waals surface area contributed by atoms with Gasteiger partial charge in [-0.2, -0.15) is 0 Å². The number of para-hydroxylation sites is 1. The molecule has 68 valence electrons. The predicted octanol–water partition coefficient (Wildman–Crippen LogP) is 1.95. The molecule has 0 fully saturated rings. The van der Waals surface area contributed by atoms with Gasteiger partial charge in [0.1, 0.15) is 0 Å². The Bertz CT molecular complexity index is 359. The number of aryl methyl sites for hydroxylation is 1. The van der Waals surface area contributed by atoms with E-state index in [1.165, 1.54) is 6.21 Å². The maximum absolute atomic E-state index is 10.7. The number of rotatable bonds is 2. The van der Waals surface area contributed by atoms with Crippen LogP contribution in [0.3, 0.4) is 0 Å². The molecule has 1 aromatic rings. The van der Waals surface area contributed by atoms with Crippen LogP contribution in [0.25, 0.3) is 0 Å². The molecule has 0 radical (unpaired) electrons. The zero-order chi connectivity index (χ0) is 9.84. The quantitative estimate of drug-likeness (QED) is 0.395. The zero-order valence-electron chi connectivity index (χ0n) is 7.52. The van der Waals surface area contributed by atoms with E-state index in [1.807, 2.05) is 0 Å². The van der Waals surface area contributed by atoms with Crippen LogP contribution in [-0.2, 0) is 0 Å². The van der Waals surface area contributed by atoms with Gasteiger partial charge in [0.25, 0.3) is 5.69 Å². The molecule has 1 rings (SSSR count). The summed E-state index contributed by atoms with van der Waals surface area (Å²) in [4.78, 5) is 14.0. The van der Waals surface area contributed by atoms with E-state index >= 15 is 0 Å². The first-order valence-corrected chi connectivity index (χ1v) is 3.83. The van der Waals surface area contributed by atoms with Crippen LogP contribution in [-0.4, -0.2) is 18.2 Å². The lowest BCUT2D eigenvalue weighted by Crippen LogP contribution is -1.96. The molecule has 0 saturated heterocycles. The first kappa shape index (κ1) is 9.38. The normalized spacial score (nSPS) is 10.6. The van der Waals surface area contributed by atoms with E-state index in [4.69, 9.17) is 0 Å². The highest BCUT2D eigenvalue weighted by Crippen LogP contribution is 2.21. The Balaban J connectivity index is 3.34. The van der Waals surface area contributed by atoms with Crippen LogP contribution in [0.2, 0.25) is 0 Å². The van der Waals surface area contributed by atoms with Crippen LogP contribution in [0.4, 0.5) is 5.69 Å². The Morgan fingerprint density at radius 1 is 1.54 bits per heavy atom. The fourth-order valence-electron chi connectivity index (χ4n) is 1.17. The average molecular weight is 178 g/mol. The summed E-state index contributed by atoms with van der Waals surface area (Å²) in [7, 11) is 1.59. The second kappa shape index (κ2) is 3.80. The molecule has 0 N–H and O–H groups in total. The lowest BCUT2D eigenvalue weighted by atomic mass is 10.1. The van der Waals surface area contributed by atoms with Crippen molar-refractivity contribution in [1.82, 2.24) is 0 Å². The topological polar surface area (TPSA) is 55.5 Å². The Labute approximate surface area is 76.1 Å². The van der Waals surface area contributed by atoms with Crippen molar-refractivity contribution in [3.8, 4) is 0 Å². The van der Waals surface area contributed by atoms with E-state index in [-0.39, 0.29) is 10.6 Å². The Hall–Kier alpha value is -1.71. The molecule has 0 aliphatic rings. The fourth-order valence-corrected chi connectivity index (χ4v) is 1.17. The van der Waals surface area contributed by atoms with Crippen molar-refractivity contribution in [2.24, 2.45) is 4.99 Å². The van der Waals surface area contributed by atoms with Crippen LogP contribution in [0, 0.1) is 17.0 Å². The molecule has 4 heteroatoms. The molecule has 0 aliphatic carbocycles. The molecule has 0 aromatic heterocycles. The maximum atomic E-state index is 10.7. The average Bonchev–Trinajstić information content (AvgIpc) is 2.04. The maximum Gasteiger partial charge on any atom is 0.280 e. The lowest BCUT2D eigenvalue weighted by Gasteiger charge is -1.99. The molecule has 0 spiro atoms. The minimum Gasteiger partial charge on any atom is -0.296 e. The van der Waals surface area contributed by atoms with E-state index in [2.05, 4.69) is 4.99 Å². The summed E-state index contributed by atoms with van der Waals surface area (Å²) in [6, 6.07) is 5.17. The van der Waals surface area contributed by atoms with Crippen molar-refractivity contribution in [2.45, 2.75) is 6.92 Å². The third-order valence-corrected chi connectivity index (χ3v) is 1.72. The second-order valence-electron chi connectivity index (χ2n) is 2.66. The summed E-state index contributed by atoms with van der Waals surface area (Å²) in [6.45, 7) is 1.71. The number of nitro groups is 1. The van der Waals surface area contributed by atoms with Crippen LogP contribution >= 0.6 is 0 Å². The van der Waals surface area contributed by atoms with Crippen LogP contribution in [0.5, 0.6) is 0 Å². The molecule has 1 aromatic carbocycles. The number of hydrogen-bond donors (Lipinski definition) is 0. The smallest absolute Gasteiger partial charge is 0.280 e. The molecule has 4 nitrogen and oxygen atoms in total. The van der Waals surface area contributed by atoms with Crippen molar-refractivity contribution in [3.05, 3.63) is 39.4 Å². The van der Waals surface area contributed by atoms with Gasteiger partial charge in [-0.3, -0.25) is 15.1 Å². The molecule has 0 unspecified atom stereocenters. The summed E-state index contributed by atoms with van der Waals surface area (Å²) in [6.07, 6.45) is 1.49. The monoisotopic (exact) mass is 178 g/mol. The Morgan fingerprint density at radius 3 is 2.77 bits per heavy atom. The Kier molecular flexibility index (Phi) is 2.74. The van der Waals surface area contributed by atoms with Crippen LogP contribution in [0.15, 0.2) is 23.2 Å². The first-order valence-electron chi connectivity index (χ1n) is 3.83. The van der Waals surface area contributed by atoms with Crippen molar-refractivity contribution < 1.29 is 4.92 Å². The van der Waals surface area contributed by atoms with Gasteiger partial charge in [0, 0.05) is 18.8 Å². The summed E-state index contributed by atoms with van der Waals surface area (Å²) >= 11 is 0. The highest BCUT2D eigenvalue weighted by atomic mass is 16.6. The van der Waals surface area contributed by atoms with Gasteiger partial charge in [-0.1, -0.05) is 12.1 Å². The SMILES string of the molecule is CN=Cc1cccc(C)c1[N+](=O)[O-]. The molecule has 0 amide bonds. The van der Waals surface area contributed by atoms with Gasteiger partial charge in [-0.05, 0) is 13.0 Å². The second-order valence-corrected chi connectivity index (χ2v) is 2.66. The van der Waals surface area contributed by atoms with E-state index in [9.17, 15) is 10.1 Å². The molecular formula is C9H10N2O2. The lowest BCUT2D eigenvalue weighted by molar-refractivity contribution is -0.385. The molecular weight excluding hydrogens is 168 g/mol. The molecule has 0 aliphatic heterocycles. The van der Waals surface area contributed by atoms with Crippen molar-refractivity contribution in [2.75, 3.05) is 7.05 Å². The number of nitro benzene ring substituents is 1. The molecule has 0 atom stereocenters. The minimum atomic E-state index is -0.383. The van der Waals surface area contributed by atoms with Crippen LogP contribution < -0.4 is 0 Å². The third kappa shape index (κ3) is 1.90. The summed E-state index contributed by atoms with van der Waals surface area (Å²) < 4.78 is 0. The van der Waals surface area contributed by atoms with Gasteiger partial charge < -0.3 is 0 Å². The van der Waals surface area contributed by atoms with Gasteiger partial charge in [0.05, 0.1) is 10.5 Å². The van der Waals surface area contributed by atoms with Crippen LogP contribution in [0.1, 0.15) is 11.1 Å². The minimum absolute atomic E-state index is 0.133. The zero-order valence-corrected chi connectivity index (χ0v) is 7.52. The van der Waals surface area contributed by atoms with Crippen molar-refractivity contribution in [3.63, 3.8) is 0 Å². The number of hydrogen-bond acceptors (Lipinski definition) is 3. The standard InChI is InChI=1S/C9H10N2O2/c1-7-4-3-5-8(6-10-2)9(7)11(12)13/h3-6H,1-2H3. The van der Waals surface area contributed by atoms with Gasteiger partial charge in [0.2, 0.25) is 0 Å². The van der Waals surface area contributed by atoms with E-state index in [1.54, 1.807) is 32.2 Å². The highest BCUT2D eigenvalue weighted by molar-refractivity contribution is 5.86. The number of benzene rings is 1. The number of aliphatic imine (C=N–C) groups is 1. The van der Waals surface area contributed by atoms with E-state index in [0.717, 1.165) is 0 Å². The molecule has 0 bridgehead atoms. The fraction of sp³-hybridized carbons (Fsp3) is 0.222. The largest absolute Gasteiger partial charge is 0.296 e.